The van der Waals surface area contributed by atoms with E-state index in [4.69, 9.17) is 10.00 Å². The summed E-state index contributed by atoms with van der Waals surface area (Å²) in [4.78, 5) is 0. The van der Waals surface area contributed by atoms with E-state index in [2.05, 4.69) is 5.32 Å². The van der Waals surface area contributed by atoms with Crippen LogP contribution in [0, 0.1) is 22.6 Å². The van der Waals surface area contributed by atoms with E-state index in [1.807, 2.05) is 6.07 Å². The summed E-state index contributed by atoms with van der Waals surface area (Å²) in [5.74, 6) is -0.468. The highest BCUT2D eigenvalue weighted by Crippen LogP contribution is 2.48. The largest absolute Gasteiger partial charge is 0.385 e. The van der Waals surface area contributed by atoms with Crippen LogP contribution in [0.25, 0.3) is 0 Å². The Labute approximate surface area is 107 Å². The molecule has 1 fully saturated rings. The van der Waals surface area contributed by atoms with Gasteiger partial charge in [-0.2, -0.15) is 5.26 Å². The first-order valence-corrected chi connectivity index (χ1v) is 6.12. The minimum Gasteiger partial charge on any atom is -0.385 e. The molecule has 0 heterocycles. The lowest BCUT2D eigenvalue weighted by atomic mass is 10.0. The van der Waals surface area contributed by atoms with E-state index >= 15 is 0 Å². The molecule has 3 nitrogen and oxygen atoms in total. The number of nitriles is 1. The van der Waals surface area contributed by atoms with Crippen molar-refractivity contribution in [1.29, 1.82) is 5.26 Å². The van der Waals surface area contributed by atoms with Crippen molar-refractivity contribution < 1.29 is 9.13 Å². The number of methoxy groups -OCH3 is 1. The van der Waals surface area contributed by atoms with Gasteiger partial charge in [-0.15, -0.1) is 0 Å². The molecule has 0 atom stereocenters. The number of hydrogen-bond acceptors (Lipinski definition) is 3. The average molecular weight is 248 g/mol. The smallest absolute Gasteiger partial charge is 0.143 e. The first kappa shape index (κ1) is 12.8. The molecule has 1 aliphatic carbocycles. The van der Waals surface area contributed by atoms with E-state index in [-0.39, 0.29) is 5.56 Å². The van der Waals surface area contributed by atoms with E-state index in [9.17, 15) is 4.39 Å². The SMILES string of the molecule is COCCC1(CNc2ccc(C#N)c(F)c2)CC1. The van der Waals surface area contributed by atoms with E-state index in [1.54, 1.807) is 13.2 Å². The van der Waals surface area contributed by atoms with Crippen LogP contribution in [-0.4, -0.2) is 20.3 Å². The summed E-state index contributed by atoms with van der Waals surface area (Å²) in [6.45, 7) is 1.60. The molecule has 0 bridgehead atoms. The maximum atomic E-state index is 13.4. The van der Waals surface area contributed by atoms with Gasteiger partial charge in [0.25, 0.3) is 0 Å². The van der Waals surface area contributed by atoms with Gasteiger partial charge in [-0.25, -0.2) is 4.39 Å². The fraction of sp³-hybridized carbons (Fsp3) is 0.500. The number of nitrogens with one attached hydrogen (secondary N) is 1. The summed E-state index contributed by atoms with van der Waals surface area (Å²) in [5.41, 5.74) is 1.14. The van der Waals surface area contributed by atoms with Gasteiger partial charge in [0.2, 0.25) is 0 Å². The predicted molar refractivity (Wildman–Crippen MR) is 67.8 cm³/mol. The maximum Gasteiger partial charge on any atom is 0.143 e. The molecule has 1 aromatic carbocycles. The first-order chi connectivity index (χ1) is 8.69. The summed E-state index contributed by atoms with van der Waals surface area (Å²) < 4.78 is 18.5. The second-order valence-corrected chi connectivity index (χ2v) is 4.90. The highest BCUT2D eigenvalue weighted by Gasteiger charge is 2.41. The molecule has 4 heteroatoms. The van der Waals surface area contributed by atoms with Gasteiger partial charge in [0, 0.05) is 25.9 Å². The Morgan fingerprint density at radius 2 is 2.28 bits per heavy atom. The van der Waals surface area contributed by atoms with Crippen molar-refractivity contribution in [3.63, 3.8) is 0 Å². The molecular weight excluding hydrogens is 231 g/mol. The lowest BCUT2D eigenvalue weighted by Crippen LogP contribution is -2.17. The Balaban J connectivity index is 1.91. The van der Waals surface area contributed by atoms with Crippen LogP contribution in [0.4, 0.5) is 10.1 Å². The molecule has 0 saturated heterocycles. The fourth-order valence-electron chi connectivity index (χ4n) is 2.02. The van der Waals surface area contributed by atoms with Crippen molar-refractivity contribution in [1.82, 2.24) is 0 Å². The number of halogens is 1. The van der Waals surface area contributed by atoms with Gasteiger partial charge in [-0.05, 0) is 42.9 Å². The van der Waals surface area contributed by atoms with Gasteiger partial charge in [-0.3, -0.25) is 0 Å². The highest BCUT2D eigenvalue weighted by atomic mass is 19.1. The molecule has 0 spiro atoms. The Hall–Kier alpha value is -1.60. The van der Waals surface area contributed by atoms with Crippen LogP contribution in [0.1, 0.15) is 24.8 Å². The van der Waals surface area contributed by atoms with Crippen LogP contribution in [-0.2, 0) is 4.74 Å². The standard InChI is InChI=1S/C14H17FN2O/c1-18-7-6-14(4-5-14)10-17-12-3-2-11(9-16)13(15)8-12/h2-3,8,17H,4-7,10H2,1H3. The lowest BCUT2D eigenvalue weighted by Gasteiger charge is -2.16. The average Bonchev–Trinajstić information content (AvgIpc) is 3.15. The number of hydrogen-bond donors (Lipinski definition) is 1. The molecule has 2 rings (SSSR count). The summed E-state index contributed by atoms with van der Waals surface area (Å²) >= 11 is 0. The molecule has 0 amide bonds. The minimum atomic E-state index is -0.468. The quantitative estimate of drug-likeness (QED) is 0.841. The molecule has 1 aliphatic rings. The van der Waals surface area contributed by atoms with E-state index in [1.165, 1.54) is 25.0 Å². The summed E-state index contributed by atoms with van der Waals surface area (Å²) in [7, 11) is 1.71. The van der Waals surface area contributed by atoms with Gasteiger partial charge in [0.15, 0.2) is 0 Å². The zero-order valence-electron chi connectivity index (χ0n) is 10.5. The number of nitrogens with zero attached hydrogens (tertiary/aromatic N) is 1. The van der Waals surface area contributed by atoms with Crippen LogP contribution in [0.2, 0.25) is 0 Å². The third-order valence-corrected chi connectivity index (χ3v) is 3.55. The van der Waals surface area contributed by atoms with Crippen molar-refractivity contribution in [2.75, 3.05) is 25.6 Å². The van der Waals surface area contributed by atoms with Crippen LogP contribution in [0.15, 0.2) is 18.2 Å². The molecule has 0 aliphatic heterocycles. The predicted octanol–water partition coefficient (Wildman–Crippen LogP) is 2.93. The Morgan fingerprint density at radius 3 is 2.83 bits per heavy atom. The molecule has 1 N–H and O–H groups in total. The van der Waals surface area contributed by atoms with Gasteiger partial charge in [0.1, 0.15) is 11.9 Å². The normalized spacial score (nSPS) is 16.1. The molecule has 1 aromatic rings. The second kappa shape index (κ2) is 5.36. The molecule has 0 unspecified atom stereocenters. The molecule has 0 aromatic heterocycles. The van der Waals surface area contributed by atoms with Crippen LogP contribution < -0.4 is 5.32 Å². The maximum absolute atomic E-state index is 13.4. The Kier molecular flexibility index (Phi) is 3.83. The zero-order valence-corrected chi connectivity index (χ0v) is 10.5. The van der Waals surface area contributed by atoms with E-state index in [0.29, 0.717) is 5.41 Å². The molecule has 18 heavy (non-hydrogen) atoms. The third kappa shape index (κ3) is 2.99. The summed E-state index contributed by atoms with van der Waals surface area (Å²) in [6, 6.07) is 6.45. The van der Waals surface area contributed by atoms with Gasteiger partial charge >= 0.3 is 0 Å². The minimum absolute atomic E-state index is 0.0843. The van der Waals surface area contributed by atoms with Gasteiger partial charge < -0.3 is 10.1 Å². The Bertz CT molecular complexity index is 463. The lowest BCUT2D eigenvalue weighted by molar-refractivity contribution is 0.175. The molecule has 96 valence electrons. The topological polar surface area (TPSA) is 45.0 Å². The molecule has 1 saturated carbocycles. The second-order valence-electron chi connectivity index (χ2n) is 4.90. The van der Waals surface area contributed by atoms with Crippen molar-refractivity contribution in [2.45, 2.75) is 19.3 Å². The summed E-state index contributed by atoms with van der Waals surface area (Å²) in [6.07, 6.45) is 3.43. The van der Waals surface area contributed by atoms with Crippen molar-refractivity contribution in [3.05, 3.63) is 29.6 Å². The number of rotatable bonds is 6. The molecule has 0 radical (unpaired) electrons. The van der Waals surface area contributed by atoms with Gasteiger partial charge in [-0.1, -0.05) is 0 Å². The van der Waals surface area contributed by atoms with E-state index in [0.717, 1.165) is 25.3 Å². The van der Waals surface area contributed by atoms with Crippen molar-refractivity contribution >= 4 is 5.69 Å². The van der Waals surface area contributed by atoms with Crippen LogP contribution in [0.5, 0.6) is 0 Å². The van der Waals surface area contributed by atoms with Gasteiger partial charge in [0.05, 0.1) is 5.56 Å². The number of ether oxygens (including phenoxy) is 1. The first-order valence-electron chi connectivity index (χ1n) is 6.12. The molecular formula is C14H17FN2O. The van der Waals surface area contributed by atoms with Crippen molar-refractivity contribution in [3.8, 4) is 6.07 Å². The summed E-state index contributed by atoms with van der Waals surface area (Å²) in [5, 5.41) is 11.9. The zero-order chi connectivity index (χ0) is 13.0. The van der Waals surface area contributed by atoms with E-state index < -0.39 is 5.82 Å². The number of benzene rings is 1. The fourth-order valence-corrected chi connectivity index (χ4v) is 2.02. The van der Waals surface area contributed by atoms with Crippen LogP contribution in [0.3, 0.4) is 0 Å². The third-order valence-electron chi connectivity index (χ3n) is 3.55. The van der Waals surface area contributed by atoms with Crippen molar-refractivity contribution in [2.24, 2.45) is 5.41 Å². The Morgan fingerprint density at radius 1 is 1.50 bits per heavy atom. The number of anilines is 1. The van der Waals surface area contributed by atoms with Crippen LogP contribution >= 0.6 is 0 Å². The monoisotopic (exact) mass is 248 g/mol. The highest BCUT2D eigenvalue weighted by molar-refractivity contribution is 5.48.